The molecule has 0 saturated carbocycles. The van der Waals surface area contributed by atoms with Crippen molar-refractivity contribution in [1.29, 1.82) is 5.26 Å². The Hall–Kier alpha value is -1.93. The van der Waals surface area contributed by atoms with Crippen LogP contribution in [0.3, 0.4) is 0 Å². The fraction of sp³-hybridized carbons (Fsp3) is 0.385. The number of nitrogens with one attached hydrogen (secondary N) is 1. The van der Waals surface area contributed by atoms with Gasteiger partial charge in [-0.25, -0.2) is 4.39 Å². The number of amides is 1. The molecule has 0 atom stereocenters. The number of nitrogens with zero attached hydrogens (tertiary/aromatic N) is 1. The molecule has 18 heavy (non-hydrogen) atoms. The second-order valence-electron chi connectivity index (χ2n) is 4.81. The molecular formula is C13H16FN3O. The molecule has 3 N–H and O–H groups in total. The highest BCUT2D eigenvalue weighted by Gasteiger charge is 2.15. The lowest BCUT2D eigenvalue weighted by Crippen LogP contribution is -2.33. The third kappa shape index (κ3) is 4.15. The Labute approximate surface area is 106 Å². The van der Waals surface area contributed by atoms with Crippen LogP contribution in [-0.2, 0) is 4.79 Å². The maximum absolute atomic E-state index is 13.3. The molecule has 0 fully saturated rings. The zero-order chi connectivity index (χ0) is 13.8. The van der Waals surface area contributed by atoms with Crippen molar-refractivity contribution in [3.63, 3.8) is 0 Å². The van der Waals surface area contributed by atoms with Gasteiger partial charge in [0.15, 0.2) is 0 Å². The number of carbonyl (C=O) groups excluding carboxylic acids is 1. The number of halogens is 1. The largest absolute Gasteiger partial charge is 0.326 e. The summed E-state index contributed by atoms with van der Waals surface area (Å²) in [6.45, 7) is 3.65. The number of hydrogen-bond acceptors (Lipinski definition) is 3. The van der Waals surface area contributed by atoms with Gasteiger partial charge in [0.25, 0.3) is 0 Å². The van der Waals surface area contributed by atoms with Crippen molar-refractivity contribution in [2.45, 2.75) is 32.2 Å². The topological polar surface area (TPSA) is 78.9 Å². The van der Waals surface area contributed by atoms with Crippen LogP contribution in [0.5, 0.6) is 0 Å². The van der Waals surface area contributed by atoms with Gasteiger partial charge in [-0.15, -0.1) is 0 Å². The van der Waals surface area contributed by atoms with E-state index in [0.717, 1.165) is 0 Å². The summed E-state index contributed by atoms with van der Waals surface area (Å²) in [6, 6.07) is 5.84. The van der Waals surface area contributed by atoms with Crippen LogP contribution >= 0.6 is 0 Å². The van der Waals surface area contributed by atoms with Crippen molar-refractivity contribution in [2.75, 3.05) is 5.32 Å². The molecule has 4 nitrogen and oxygen atoms in total. The molecule has 0 bridgehead atoms. The van der Waals surface area contributed by atoms with E-state index in [-0.39, 0.29) is 23.6 Å². The maximum atomic E-state index is 13.3. The number of hydrogen-bond donors (Lipinski definition) is 2. The maximum Gasteiger partial charge on any atom is 0.224 e. The molecule has 0 unspecified atom stereocenters. The molecule has 1 aromatic carbocycles. The molecule has 1 amide bonds. The number of nitriles is 1. The van der Waals surface area contributed by atoms with Gasteiger partial charge in [-0.2, -0.15) is 5.26 Å². The van der Waals surface area contributed by atoms with Crippen LogP contribution < -0.4 is 11.1 Å². The van der Waals surface area contributed by atoms with E-state index in [0.29, 0.717) is 6.42 Å². The van der Waals surface area contributed by atoms with Crippen LogP contribution in [0.25, 0.3) is 0 Å². The summed E-state index contributed by atoms with van der Waals surface area (Å²) in [4.78, 5) is 11.6. The summed E-state index contributed by atoms with van der Waals surface area (Å²) < 4.78 is 13.3. The average molecular weight is 249 g/mol. The third-order valence-corrected chi connectivity index (χ3v) is 2.40. The van der Waals surface area contributed by atoms with Gasteiger partial charge in [0.2, 0.25) is 5.91 Å². The minimum absolute atomic E-state index is 0.155. The van der Waals surface area contributed by atoms with Crippen LogP contribution in [0.1, 0.15) is 32.3 Å². The molecule has 0 saturated heterocycles. The van der Waals surface area contributed by atoms with Crippen LogP contribution in [0, 0.1) is 17.1 Å². The number of anilines is 1. The average Bonchev–Trinajstić information content (AvgIpc) is 2.26. The molecule has 0 aliphatic carbocycles. The van der Waals surface area contributed by atoms with Crippen molar-refractivity contribution in [3.05, 3.63) is 29.6 Å². The summed E-state index contributed by atoms with van der Waals surface area (Å²) in [7, 11) is 0. The van der Waals surface area contributed by atoms with Crippen molar-refractivity contribution in [2.24, 2.45) is 5.73 Å². The van der Waals surface area contributed by atoms with Gasteiger partial charge in [0, 0.05) is 12.0 Å². The number of rotatable bonds is 4. The van der Waals surface area contributed by atoms with Gasteiger partial charge in [-0.05, 0) is 32.4 Å². The van der Waals surface area contributed by atoms with Gasteiger partial charge >= 0.3 is 0 Å². The monoisotopic (exact) mass is 249 g/mol. The Kier molecular flexibility index (Phi) is 4.40. The summed E-state index contributed by atoms with van der Waals surface area (Å²) in [6.07, 6.45) is 0.737. The van der Waals surface area contributed by atoms with E-state index in [9.17, 15) is 9.18 Å². The van der Waals surface area contributed by atoms with E-state index in [4.69, 9.17) is 11.0 Å². The fourth-order valence-electron chi connectivity index (χ4n) is 1.39. The molecule has 0 spiro atoms. The lowest BCUT2D eigenvalue weighted by molar-refractivity contribution is -0.116. The molecule has 1 rings (SSSR count). The molecule has 0 aromatic heterocycles. The molecule has 1 aromatic rings. The quantitative estimate of drug-likeness (QED) is 0.858. The first-order valence-electron chi connectivity index (χ1n) is 5.61. The van der Waals surface area contributed by atoms with Gasteiger partial charge in [0.05, 0.1) is 5.69 Å². The van der Waals surface area contributed by atoms with Crippen molar-refractivity contribution >= 4 is 11.6 Å². The first-order valence-corrected chi connectivity index (χ1v) is 5.61. The van der Waals surface area contributed by atoms with Crippen LogP contribution in [0.4, 0.5) is 10.1 Å². The second kappa shape index (κ2) is 5.61. The molecule has 0 aliphatic heterocycles. The minimum atomic E-state index is -0.644. The van der Waals surface area contributed by atoms with E-state index in [1.807, 2.05) is 13.8 Å². The molecule has 0 heterocycles. The first kappa shape index (κ1) is 14.1. The summed E-state index contributed by atoms with van der Waals surface area (Å²) in [5.41, 5.74) is 5.37. The highest BCUT2D eigenvalue weighted by molar-refractivity contribution is 5.92. The second-order valence-corrected chi connectivity index (χ2v) is 4.81. The Balaban J connectivity index is 2.72. The smallest absolute Gasteiger partial charge is 0.224 e. The Morgan fingerprint density at radius 3 is 2.78 bits per heavy atom. The van der Waals surface area contributed by atoms with E-state index in [1.54, 1.807) is 6.07 Å². The molecule has 0 radical (unpaired) electrons. The van der Waals surface area contributed by atoms with Crippen LogP contribution in [-0.4, -0.2) is 11.4 Å². The fourth-order valence-corrected chi connectivity index (χ4v) is 1.39. The lowest BCUT2D eigenvalue weighted by atomic mass is 10.00. The summed E-state index contributed by atoms with van der Waals surface area (Å²) in [5, 5.41) is 11.3. The van der Waals surface area contributed by atoms with Crippen LogP contribution in [0.15, 0.2) is 18.2 Å². The third-order valence-electron chi connectivity index (χ3n) is 2.40. The van der Waals surface area contributed by atoms with Crippen molar-refractivity contribution in [3.8, 4) is 6.07 Å². The SMILES string of the molecule is CC(C)(N)CCC(=O)Nc1cccc(F)c1C#N. The molecule has 0 aliphatic rings. The predicted molar refractivity (Wildman–Crippen MR) is 67.2 cm³/mol. The molecule has 96 valence electrons. The Morgan fingerprint density at radius 2 is 2.22 bits per heavy atom. The van der Waals surface area contributed by atoms with Gasteiger partial charge in [0.1, 0.15) is 17.4 Å². The van der Waals surface area contributed by atoms with Gasteiger partial charge in [-0.1, -0.05) is 6.07 Å². The van der Waals surface area contributed by atoms with Gasteiger partial charge < -0.3 is 11.1 Å². The first-order chi connectivity index (χ1) is 8.33. The lowest BCUT2D eigenvalue weighted by Gasteiger charge is -2.17. The summed E-state index contributed by atoms with van der Waals surface area (Å²) >= 11 is 0. The standard InChI is InChI=1S/C13H16FN3O/c1-13(2,16)7-6-12(18)17-11-5-3-4-10(14)9(11)8-15/h3-5H,6-7,16H2,1-2H3,(H,17,18). The predicted octanol–water partition coefficient (Wildman–Crippen LogP) is 2.15. The number of carbonyl (C=O) groups is 1. The number of benzene rings is 1. The van der Waals surface area contributed by atoms with Crippen molar-refractivity contribution < 1.29 is 9.18 Å². The van der Waals surface area contributed by atoms with E-state index >= 15 is 0 Å². The summed E-state index contributed by atoms with van der Waals surface area (Å²) in [5.74, 6) is -0.926. The van der Waals surface area contributed by atoms with Crippen molar-refractivity contribution in [1.82, 2.24) is 0 Å². The normalized spacial score (nSPS) is 10.8. The van der Waals surface area contributed by atoms with E-state index in [1.165, 1.54) is 18.2 Å². The minimum Gasteiger partial charge on any atom is -0.326 e. The highest BCUT2D eigenvalue weighted by Crippen LogP contribution is 2.18. The van der Waals surface area contributed by atoms with Crippen LogP contribution in [0.2, 0.25) is 0 Å². The Bertz CT molecular complexity index is 486. The Morgan fingerprint density at radius 1 is 1.56 bits per heavy atom. The number of nitrogens with two attached hydrogens (primary N) is 1. The van der Waals surface area contributed by atoms with E-state index in [2.05, 4.69) is 5.32 Å². The molecule has 5 heteroatoms. The highest BCUT2D eigenvalue weighted by atomic mass is 19.1. The zero-order valence-electron chi connectivity index (χ0n) is 10.5. The molecular weight excluding hydrogens is 233 g/mol. The van der Waals surface area contributed by atoms with E-state index < -0.39 is 11.4 Å². The zero-order valence-corrected chi connectivity index (χ0v) is 10.5. The van der Waals surface area contributed by atoms with Gasteiger partial charge in [-0.3, -0.25) is 4.79 Å².